The second-order valence-corrected chi connectivity index (χ2v) is 19.2. The van der Waals surface area contributed by atoms with Gasteiger partial charge in [-0.25, -0.2) is 4.79 Å². The molecule has 3 aromatic rings. The fourth-order valence-corrected chi connectivity index (χ4v) is 9.53. The van der Waals surface area contributed by atoms with Gasteiger partial charge in [-0.2, -0.15) is 0 Å². The van der Waals surface area contributed by atoms with Crippen LogP contribution < -0.4 is 42.6 Å². The van der Waals surface area contributed by atoms with Crippen LogP contribution in [0.3, 0.4) is 0 Å². The van der Waals surface area contributed by atoms with Gasteiger partial charge in [-0.15, -0.1) is 0 Å². The average Bonchev–Trinajstić information content (AvgIpc) is 3.01. The van der Waals surface area contributed by atoms with Crippen LogP contribution in [0.25, 0.3) is 0 Å². The zero-order chi connectivity index (χ0) is 44.5. The van der Waals surface area contributed by atoms with Gasteiger partial charge in [-0.05, 0) is 125 Å². The second-order valence-electron chi connectivity index (χ2n) is 16.7. The Hall–Kier alpha value is -4.52. The van der Waals surface area contributed by atoms with Gasteiger partial charge in [0.1, 0.15) is 66.4 Å². The van der Waals surface area contributed by atoms with Gasteiger partial charge in [0.25, 0.3) is 0 Å². The Balaban J connectivity index is 3.05. The summed E-state index contributed by atoms with van der Waals surface area (Å²) in [5.41, 5.74) is 0. The van der Waals surface area contributed by atoms with Gasteiger partial charge in [-0.1, -0.05) is 0 Å². The van der Waals surface area contributed by atoms with E-state index in [0.29, 0.717) is 17.2 Å². The summed E-state index contributed by atoms with van der Waals surface area (Å²) >= 11 is 0. The van der Waals surface area contributed by atoms with Crippen LogP contribution in [0.2, 0.25) is 0 Å². The monoisotopic (exact) mass is 846 g/mol. The molecule has 59 heavy (non-hydrogen) atoms. The summed E-state index contributed by atoms with van der Waals surface area (Å²) in [5.74, 6) is 2.77. The van der Waals surface area contributed by atoms with E-state index in [2.05, 4.69) is 0 Å². The van der Waals surface area contributed by atoms with Crippen molar-refractivity contribution in [3.63, 3.8) is 0 Å². The molecule has 0 amide bonds. The maximum Gasteiger partial charge on any atom is 0.517 e. The molecule has 1 N–H and O–H groups in total. The largest absolute Gasteiger partial charge is 0.517 e. The van der Waals surface area contributed by atoms with E-state index in [1.54, 1.807) is 36.4 Å². The first-order valence-corrected chi connectivity index (χ1v) is 22.3. The maximum atomic E-state index is 13.9. The number of carbonyl (C=O) groups is 1. The fraction of sp³-hybridized carbons (Fsp3) is 0.587. The molecule has 3 aromatic carbocycles. The van der Waals surface area contributed by atoms with Crippen molar-refractivity contribution in [1.29, 1.82) is 0 Å². The van der Waals surface area contributed by atoms with Gasteiger partial charge in [-0.3, -0.25) is 0 Å². The number of benzene rings is 3. The summed E-state index contributed by atoms with van der Waals surface area (Å²) < 4.78 is 66.0. The molecule has 0 aliphatic rings. The molecule has 0 aliphatic carbocycles. The van der Waals surface area contributed by atoms with E-state index in [-0.39, 0.29) is 67.5 Å². The van der Waals surface area contributed by atoms with Gasteiger partial charge < -0.3 is 51.9 Å². The first-order valence-electron chi connectivity index (χ1n) is 20.7. The Labute approximate surface area is 354 Å². The molecule has 0 aliphatic heterocycles. The van der Waals surface area contributed by atoms with Gasteiger partial charge >= 0.3 is 6.16 Å². The third-order valence-electron chi connectivity index (χ3n) is 7.33. The molecule has 0 radical (unpaired) electrons. The predicted molar refractivity (Wildman–Crippen MR) is 233 cm³/mol. The number of rotatable bonds is 22. The SMILES string of the molecule is CC(C)Oc1cc(OC(C)C)c(S(OC(=O)O)(c2c(OC(C)C)cc(OC(C)C)cc2OC(C)C)c2c(OC(C)C)cc(OC(C)C)cc2OC(C)C)c(OC(C)C)c1. The minimum Gasteiger partial charge on any atom is -0.491 e. The van der Waals surface area contributed by atoms with Gasteiger partial charge in [0.2, 0.25) is 0 Å². The van der Waals surface area contributed by atoms with Crippen LogP contribution in [0.4, 0.5) is 4.79 Å². The van der Waals surface area contributed by atoms with E-state index >= 15 is 0 Å². The van der Waals surface area contributed by atoms with Crippen LogP contribution in [-0.2, 0) is 4.18 Å². The zero-order valence-corrected chi connectivity index (χ0v) is 39.3. The molecule has 12 nitrogen and oxygen atoms in total. The second kappa shape index (κ2) is 21.1. The van der Waals surface area contributed by atoms with Crippen LogP contribution in [0, 0.1) is 0 Å². The molecular weight excluding hydrogens is 777 g/mol. The van der Waals surface area contributed by atoms with Crippen molar-refractivity contribution >= 4 is 16.5 Å². The molecule has 0 spiro atoms. The molecule has 0 saturated heterocycles. The van der Waals surface area contributed by atoms with Crippen LogP contribution in [0.1, 0.15) is 125 Å². The minimum absolute atomic E-state index is 0.219. The normalized spacial score (nSPS) is 12.3. The highest BCUT2D eigenvalue weighted by atomic mass is 32.3. The summed E-state index contributed by atoms with van der Waals surface area (Å²) in [6.07, 6.45) is -4.70. The molecule has 0 aromatic heterocycles. The lowest BCUT2D eigenvalue weighted by atomic mass is 10.2. The highest BCUT2D eigenvalue weighted by Crippen LogP contribution is 2.81. The standard InChI is InChI=1S/C46H70O12S/c1-25(2)49-34-19-37(52-28(7)8)43(38(20-34)53-29(9)10)59(58-46(47)48,44-39(54-30(11)12)21-35(50-26(3)4)22-40(44)55-31(13)14)45-41(56-32(15)16)23-36(51-27(5)6)24-42(45)57-33(17)18/h19-33H,1-18H3,(H,47,48). The molecule has 0 heterocycles. The molecule has 0 atom stereocenters. The Morgan fingerprint density at radius 1 is 0.356 bits per heavy atom. The maximum absolute atomic E-state index is 13.9. The number of ether oxygens (including phenoxy) is 9. The van der Waals surface area contributed by atoms with Crippen molar-refractivity contribution in [2.24, 2.45) is 0 Å². The lowest BCUT2D eigenvalue weighted by molar-refractivity contribution is 0.148. The first-order chi connectivity index (χ1) is 27.4. The van der Waals surface area contributed by atoms with Crippen LogP contribution in [-0.4, -0.2) is 66.2 Å². The molecule has 0 unspecified atom stereocenters. The van der Waals surface area contributed by atoms with Crippen LogP contribution in [0.5, 0.6) is 51.7 Å². The highest BCUT2D eigenvalue weighted by Gasteiger charge is 2.51. The van der Waals surface area contributed by atoms with Crippen LogP contribution >= 0.6 is 10.3 Å². The minimum atomic E-state index is -3.84. The van der Waals surface area contributed by atoms with E-state index in [4.69, 9.17) is 46.8 Å². The number of hydrogen-bond donors (Lipinski definition) is 1. The average molecular weight is 847 g/mol. The molecule has 332 valence electrons. The van der Waals surface area contributed by atoms with Crippen molar-refractivity contribution < 1.29 is 56.7 Å². The van der Waals surface area contributed by atoms with Crippen molar-refractivity contribution in [1.82, 2.24) is 0 Å². The number of hydrogen-bond acceptors (Lipinski definition) is 11. The van der Waals surface area contributed by atoms with Crippen molar-refractivity contribution in [3.05, 3.63) is 36.4 Å². The van der Waals surface area contributed by atoms with E-state index in [1.165, 1.54) is 0 Å². The Morgan fingerprint density at radius 3 is 0.661 bits per heavy atom. The van der Waals surface area contributed by atoms with Crippen molar-refractivity contribution in [2.75, 3.05) is 0 Å². The Kier molecular flexibility index (Phi) is 17.5. The van der Waals surface area contributed by atoms with Crippen molar-refractivity contribution in [2.45, 2.75) is 194 Å². The summed E-state index contributed by atoms with van der Waals surface area (Å²) in [6, 6.07) is 10.4. The molecule has 13 heteroatoms. The lowest BCUT2D eigenvalue weighted by Crippen LogP contribution is -2.22. The van der Waals surface area contributed by atoms with Gasteiger partial charge in [0.05, 0.1) is 54.9 Å². The highest BCUT2D eigenvalue weighted by molar-refractivity contribution is 8.30. The van der Waals surface area contributed by atoms with E-state index in [1.807, 2.05) is 125 Å². The summed E-state index contributed by atoms with van der Waals surface area (Å²) in [5, 5.41) is 11.3. The Morgan fingerprint density at radius 2 is 0.525 bits per heavy atom. The molecule has 0 fully saturated rings. The van der Waals surface area contributed by atoms with E-state index in [9.17, 15) is 9.90 Å². The summed E-state index contributed by atoms with van der Waals surface area (Å²) in [6.45, 7) is 34.1. The van der Waals surface area contributed by atoms with Crippen molar-refractivity contribution in [3.8, 4) is 51.7 Å². The first kappa shape index (κ1) is 48.8. The smallest absolute Gasteiger partial charge is 0.491 e. The molecule has 3 rings (SSSR count). The third-order valence-corrected chi connectivity index (χ3v) is 10.7. The zero-order valence-electron chi connectivity index (χ0n) is 38.5. The summed E-state index contributed by atoms with van der Waals surface area (Å²) in [4.78, 5) is 14.6. The third kappa shape index (κ3) is 13.5. The Bertz CT molecular complexity index is 1540. The number of carboxylic acid groups (broad SMARTS) is 1. The summed E-state index contributed by atoms with van der Waals surface area (Å²) in [7, 11) is -3.84. The quantitative estimate of drug-likeness (QED) is 0.103. The topological polar surface area (TPSA) is 130 Å². The molecular formula is C46H70O12S. The molecule has 0 saturated carbocycles. The van der Waals surface area contributed by atoms with Crippen LogP contribution in [0.15, 0.2) is 51.1 Å². The van der Waals surface area contributed by atoms with E-state index in [0.717, 1.165) is 0 Å². The van der Waals surface area contributed by atoms with Gasteiger partial charge in [0, 0.05) is 46.7 Å². The lowest BCUT2D eigenvalue weighted by Gasteiger charge is -2.43. The van der Waals surface area contributed by atoms with E-state index < -0.39 is 53.1 Å². The fourth-order valence-electron chi connectivity index (χ4n) is 6.12. The van der Waals surface area contributed by atoms with Gasteiger partial charge in [0.15, 0.2) is 0 Å². The predicted octanol–water partition coefficient (Wildman–Crippen LogP) is 12.7. The molecule has 0 bridgehead atoms.